The number of nitrogens with two attached hydrogens (primary N) is 1. The zero-order valence-corrected chi connectivity index (χ0v) is 12.2. The van der Waals surface area contributed by atoms with Gasteiger partial charge in [-0.3, -0.25) is 9.69 Å². The fourth-order valence-electron chi connectivity index (χ4n) is 2.42. The lowest BCUT2D eigenvalue weighted by molar-refractivity contribution is -0.134. The zero-order chi connectivity index (χ0) is 13.5. The maximum absolute atomic E-state index is 12.1. The van der Waals surface area contributed by atoms with Crippen LogP contribution < -0.4 is 5.73 Å². The SMILES string of the molecule is CCCCC(N)C(=O)N1CCN(C(C)CC)CC1. The highest BCUT2D eigenvalue weighted by Crippen LogP contribution is 2.10. The van der Waals surface area contributed by atoms with Gasteiger partial charge in [-0.2, -0.15) is 0 Å². The third-order valence-corrected chi connectivity index (χ3v) is 4.03. The predicted molar refractivity (Wildman–Crippen MR) is 75.4 cm³/mol. The average molecular weight is 255 g/mol. The Bertz CT molecular complexity index is 249. The van der Waals surface area contributed by atoms with Crippen molar-refractivity contribution in [1.82, 2.24) is 9.80 Å². The van der Waals surface area contributed by atoms with E-state index in [1.807, 2.05) is 4.90 Å². The first-order chi connectivity index (χ1) is 8.60. The molecular formula is C14H29N3O. The van der Waals surface area contributed by atoms with Crippen LogP contribution in [0.3, 0.4) is 0 Å². The quantitative estimate of drug-likeness (QED) is 0.781. The summed E-state index contributed by atoms with van der Waals surface area (Å²) in [7, 11) is 0. The van der Waals surface area contributed by atoms with Gasteiger partial charge in [0.25, 0.3) is 0 Å². The van der Waals surface area contributed by atoms with Crippen molar-refractivity contribution in [2.24, 2.45) is 5.73 Å². The van der Waals surface area contributed by atoms with Crippen molar-refractivity contribution in [3.63, 3.8) is 0 Å². The highest BCUT2D eigenvalue weighted by Gasteiger charge is 2.26. The molecule has 1 rings (SSSR count). The van der Waals surface area contributed by atoms with Crippen LogP contribution in [0.1, 0.15) is 46.5 Å². The molecule has 0 radical (unpaired) electrons. The Morgan fingerprint density at radius 1 is 1.22 bits per heavy atom. The molecule has 18 heavy (non-hydrogen) atoms. The molecule has 4 heteroatoms. The standard InChI is InChI=1S/C14H29N3O/c1-4-6-7-13(15)14(18)17-10-8-16(9-11-17)12(3)5-2/h12-13H,4-11,15H2,1-3H3. The van der Waals surface area contributed by atoms with Gasteiger partial charge in [-0.1, -0.05) is 26.7 Å². The van der Waals surface area contributed by atoms with Crippen molar-refractivity contribution in [2.45, 2.75) is 58.5 Å². The largest absolute Gasteiger partial charge is 0.339 e. The molecule has 1 saturated heterocycles. The lowest BCUT2D eigenvalue weighted by Crippen LogP contribution is -2.54. The molecule has 1 amide bonds. The van der Waals surface area contributed by atoms with Gasteiger partial charge in [-0.15, -0.1) is 0 Å². The van der Waals surface area contributed by atoms with E-state index >= 15 is 0 Å². The molecule has 0 bridgehead atoms. The van der Waals surface area contributed by atoms with E-state index in [4.69, 9.17) is 5.73 Å². The van der Waals surface area contributed by atoms with E-state index in [2.05, 4.69) is 25.7 Å². The van der Waals surface area contributed by atoms with Crippen molar-refractivity contribution in [2.75, 3.05) is 26.2 Å². The van der Waals surface area contributed by atoms with Gasteiger partial charge in [-0.25, -0.2) is 0 Å². The van der Waals surface area contributed by atoms with Crippen molar-refractivity contribution >= 4 is 5.91 Å². The molecule has 1 fully saturated rings. The van der Waals surface area contributed by atoms with E-state index in [1.165, 1.54) is 6.42 Å². The monoisotopic (exact) mass is 255 g/mol. The molecule has 4 nitrogen and oxygen atoms in total. The third-order valence-electron chi connectivity index (χ3n) is 4.03. The van der Waals surface area contributed by atoms with Crippen LogP contribution in [0, 0.1) is 0 Å². The van der Waals surface area contributed by atoms with Gasteiger partial charge in [0.15, 0.2) is 0 Å². The first-order valence-corrected chi connectivity index (χ1v) is 7.38. The van der Waals surface area contributed by atoms with Crippen LogP contribution in [-0.4, -0.2) is 54.0 Å². The van der Waals surface area contributed by atoms with E-state index in [9.17, 15) is 4.79 Å². The summed E-state index contributed by atoms with van der Waals surface area (Å²) < 4.78 is 0. The normalized spacial score (nSPS) is 20.8. The molecule has 0 aliphatic carbocycles. The van der Waals surface area contributed by atoms with Crippen molar-refractivity contribution in [3.8, 4) is 0 Å². The lowest BCUT2D eigenvalue weighted by atomic mass is 10.1. The summed E-state index contributed by atoms with van der Waals surface area (Å²) in [6, 6.07) is 0.330. The number of piperazine rings is 1. The van der Waals surface area contributed by atoms with E-state index in [0.29, 0.717) is 6.04 Å². The summed E-state index contributed by atoms with van der Waals surface area (Å²) in [5.74, 6) is 0.146. The second-order valence-electron chi connectivity index (χ2n) is 5.37. The van der Waals surface area contributed by atoms with Crippen LogP contribution >= 0.6 is 0 Å². The van der Waals surface area contributed by atoms with Gasteiger partial charge < -0.3 is 10.6 Å². The number of hydrogen-bond acceptors (Lipinski definition) is 3. The highest BCUT2D eigenvalue weighted by atomic mass is 16.2. The summed E-state index contributed by atoms with van der Waals surface area (Å²) in [6.07, 6.45) is 4.13. The van der Waals surface area contributed by atoms with E-state index in [0.717, 1.165) is 45.4 Å². The molecule has 2 N–H and O–H groups in total. The van der Waals surface area contributed by atoms with Gasteiger partial charge in [0.1, 0.15) is 0 Å². The molecule has 0 aromatic rings. The average Bonchev–Trinajstić information content (AvgIpc) is 2.43. The Morgan fingerprint density at radius 2 is 1.83 bits per heavy atom. The molecule has 0 aromatic heterocycles. The third kappa shape index (κ3) is 4.25. The smallest absolute Gasteiger partial charge is 0.239 e. The molecule has 0 spiro atoms. The van der Waals surface area contributed by atoms with Crippen molar-refractivity contribution < 1.29 is 4.79 Å². The summed E-state index contributed by atoms with van der Waals surface area (Å²) in [5, 5.41) is 0. The number of amides is 1. The maximum Gasteiger partial charge on any atom is 0.239 e. The number of carbonyl (C=O) groups excluding carboxylic acids is 1. The van der Waals surface area contributed by atoms with Crippen LogP contribution in [-0.2, 0) is 4.79 Å². The summed E-state index contributed by atoms with van der Waals surface area (Å²) in [5.41, 5.74) is 5.95. The van der Waals surface area contributed by atoms with E-state index in [1.54, 1.807) is 0 Å². The molecule has 2 atom stereocenters. The van der Waals surface area contributed by atoms with Crippen molar-refractivity contribution in [3.05, 3.63) is 0 Å². The highest BCUT2D eigenvalue weighted by molar-refractivity contribution is 5.81. The predicted octanol–water partition coefficient (Wildman–Crippen LogP) is 1.45. The van der Waals surface area contributed by atoms with Gasteiger partial charge in [0.05, 0.1) is 6.04 Å². The van der Waals surface area contributed by atoms with Crippen LogP contribution in [0.2, 0.25) is 0 Å². The maximum atomic E-state index is 12.1. The Labute approximate surface area is 111 Å². The van der Waals surface area contributed by atoms with E-state index < -0.39 is 0 Å². The Kier molecular flexibility index (Phi) is 6.65. The molecule has 1 aliphatic rings. The number of nitrogens with zero attached hydrogens (tertiary/aromatic N) is 2. The van der Waals surface area contributed by atoms with E-state index in [-0.39, 0.29) is 11.9 Å². The van der Waals surface area contributed by atoms with Gasteiger partial charge >= 0.3 is 0 Å². The topological polar surface area (TPSA) is 49.6 Å². The Balaban J connectivity index is 2.35. The zero-order valence-electron chi connectivity index (χ0n) is 12.2. The fourth-order valence-corrected chi connectivity index (χ4v) is 2.42. The number of unbranched alkanes of at least 4 members (excludes halogenated alkanes) is 1. The Hall–Kier alpha value is -0.610. The first-order valence-electron chi connectivity index (χ1n) is 7.38. The van der Waals surface area contributed by atoms with Crippen molar-refractivity contribution in [1.29, 1.82) is 0 Å². The van der Waals surface area contributed by atoms with Gasteiger partial charge in [0.2, 0.25) is 5.91 Å². The second-order valence-corrected chi connectivity index (χ2v) is 5.37. The number of carbonyl (C=O) groups is 1. The van der Waals surface area contributed by atoms with Crippen LogP contribution in [0.15, 0.2) is 0 Å². The van der Waals surface area contributed by atoms with Crippen LogP contribution in [0.25, 0.3) is 0 Å². The molecule has 2 unspecified atom stereocenters. The first kappa shape index (κ1) is 15.4. The number of rotatable bonds is 6. The molecule has 1 aliphatic heterocycles. The minimum atomic E-state index is -0.292. The van der Waals surface area contributed by atoms with Gasteiger partial charge in [-0.05, 0) is 19.8 Å². The van der Waals surface area contributed by atoms with Crippen LogP contribution in [0.4, 0.5) is 0 Å². The minimum absolute atomic E-state index is 0.146. The molecule has 0 saturated carbocycles. The molecular weight excluding hydrogens is 226 g/mol. The van der Waals surface area contributed by atoms with Gasteiger partial charge in [0, 0.05) is 32.2 Å². The fraction of sp³-hybridized carbons (Fsp3) is 0.929. The second kappa shape index (κ2) is 7.74. The summed E-state index contributed by atoms with van der Waals surface area (Å²) >= 11 is 0. The number of hydrogen-bond donors (Lipinski definition) is 1. The molecule has 106 valence electrons. The Morgan fingerprint density at radius 3 is 2.33 bits per heavy atom. The minimum Gasteiger partial charge on any atom is -0.339 e. The molecule has 1 heterocycles. The summed E-state index contributed by atoms with van der Waals surface area (Å²) in [6.45, 7) is 10.2. The molecule has 0 aromatic carbocycles. The lowest BCUT2D eigenvalue weighted by Gasteiger charge is -2.38. The van der Waals surface area contributed by atoms with Crippen LogP contribution in [0.5, 0.6) is 0 Å². The summed E-state index contributed by atoms with van der Waals surface area (Å²) in [4.78, 5) is 16.5.